The van der Waals surface area contributed by atoms with Gasteiger partial charge in [-0.1, -0.05) is 18.6 Å². The Morgan fingerprint density at radius 1 is 1.07 bits per heavy atom. The number of hydrogen-bond acceptors (Lipinski definition) is 5. The zero-order valence-corrected chi connectivity index (χ0v) is 24.8. The first-order valence-corrected chi connectivity index (χ1v) is 14.9. The van der Waals surface area contributed by atoms with Gasteiger partial charge in [0.2, 0.25) is 0 Å². The van der Waals surface area contributed by atoms with Crippen molar-refractivity contribution in [3.8, 4) is 27.5 Å². The maximum Gasteiger partial charge on any atom is 0.433 e. The summed E-state index contributed by atoms with van der Waals surface area (Å²) >= 11 is 1.13. The lowest BCUT2D eigenvalue weighted by Gasteiger charge is -2.28. The second-order valence-corrected chi connectivity index (χ2v) is 11.5. The third-order valence-corrected chi connectivity index (χ3v) is 8.17. The van der Waals surface area contributed by atoms with E-state index in [1.54, 1.807) is 28.5 Å². The number of aryl methyl sites for hydroxylation is 1. The molecule has 0 bridgehead atoms. The number of carbonyl (C=O) groups excluding carboxylic acids is 1. The SMILES string of the molecule is CCc1ccc(F)cc1-n1c(C=C(C)C)c(C(=O)N2CCCCC2)cc(-c2nc(-c3ccc(C(F)(F)F)nc3)cs2)c1=O. The van der Waals surface area contributed by atoms with Gasteiger partial charge in [-0.2, -0.15) is 13.2 Å². The highest BCUT2D eigenvalue weighted by molar-refractivity contribution is 7.13. The molecule has 0 saturated carbocycles. The molecule has 0 spiro atoms. The van der Waals surface area contributed by atoms with Gasteiger partial charge < -0.3 is 4.90 Å². The third-order valence-electron chi connectivity index (χ3n) is 7.29. The molecule has 1 aliphatic rings. The second kappa shape index (κ2) is 12.2. The predicted molar refractivity (Wildman–Crippen MR) is 160 cm³/mol. The molecule has 1 aromatic carbocycles. The van der Waals surface area contributed by atoms with E-state index in [-0.39, 0.29) is 22.0 Å². The van der Waals surface area contributed by atoms with E-state index >= 15 is 0 Å². The van der Waals surface area contributed by atoms with Crippen molar-refractivity contribution < 1.29 is 22.4 Å². The van der Waals surface area contributed by atoms with E-state index in [2.05, 4.69) is 9.97 Å². The topological polar surface area (TPSA) is 68.1 Å². The number of rotatable bonds is 6. The lowest BCUT2D eigenvalue weighted by molar-refractivity contribution is -0.141. The number of pyridine rings is 2. The number of hydrogen-bond donors (Lipinski definition) is 0. The van der Waals surface area contributed by atoms with Crippen LogP contribution in [0.5, 0.6) is 0 Å². The Kier molecular flexibility index (Phi) is 8.64. The molecular weight excluding hydrogens is 580 g/mol. The maximum absolute atomic E-state index is 14.7. The summed E-state index contributed by atoms with van der Waals surface area (Å²) in [6.45, 7) is 6.79. The van der Waals surface area contributed by atoms with Crippen molar-refractivity contribution in [2.45, 2.75) is 52.6 Å². The van der Waals surface area contributed by atoms with Crippen molar-refractivity contribution >= 4 is 23.3 Å². The minimum atomic E-state index is -4.57. The molecule has 1 aliphatic heterocycles. The van der Waals surface area contributed by atoms with Gasteiger partial charge in [-0.15, -0.1) is 11.3 Å². The molecule has 1 saturated heterocycles. The van der Waals surface area contributed by atoms with Crippen LogP contribution >= 0.6 is 11.3 Å². The fraction of sp³-hybridized carbons (Fsp3) is 0.312. The van der Waals surface area contributed by atoms with Crippen LogP contribution in [0, 0.1) is 5.82 Å². The number of thiazole rings is 1. The molecule has 5 rings (SSSR count). The van der Waals surface area contributed by atoms with E-state index in [9.17, 15) is 27.2 Å². The van der Waals surface area contributed by atoms with Crippen LogP contribution in [0.25, 0.3) is 33.6 Å². The molecule has 0 aliphatic carbocycles. The largest absolute Gasteiger partial charge is 0.433 e. The average molecular weight is 611 g/mol. The number of allylic oxidation sites excluding steroid dienone is 1. The molecule has 43 heavy (non-hydrogen) atoms. The first-order chi connectivity index (χ1) is 20.5. The van der Waals surface area contributed by atoms with E-state index in [0.29, 0.717) is 42.1 Å². The number of halogens is 4. The quantitative estimate of drug-likeness (QED) is 0.209. The summed E-state index contributed by atoms with van der Waals surface area (Å²) in [7, 11) is 0. The summed E-state index contributed by atoms with van der Waals surface area (Å²) in [5, 5.41) is 1.90. The Morgan fingerprint density at radius 3 is 2.44 bits per heavy atom. The minimum absolute atomic E-state index is 0.133. The summed E-state index contributed by atoms with van der Waals surface area (Å²) in [4.78, 5) is 38.2. The Bertz CT molecular complexity index is 1750. The summed E-state index contributed by atoms with van der Waals surface area (Å²) in [5.74, 6) is -0.761. The van der Waals surface area contributed by atoms with E-state index in [0.717, 1.165) is 54.0 Å². The second-order valence-electron chi connectivity index (χ2n) is 10.7. The van der Waals surface area contributed by atoms with E-state index in [4.69, 9.17) is 0 Å². The number of alkyl halides is 3. The highest BCUT2D eigenvalue weighted by Gasteiger charge is 2.32. The van der Waals surface area contributed by atoms with Crippen molar-refractivity contribution in [3.05, 3.63) is 92.2 Å². The Morgan fingerprint density at radius 2 is 1.81 bits per heavy atom. The zero-order valence-electron chi connectivity index (χ0n) is 24.0. The highest BCUT2D eigenvalue weighted by Crippen LogP contribution is 2.33. The average Bonchev–Trinajstić information content (AvgIpc) is 3.47. The van der Waals surface area contributed by atoms with E-state index in [1.807, 2.05) is 20.8 Å². The summed E-state index contributed by atoms with van der Waals surface area (Å²) in [6, 6.07) is 7.95. The molecule has 4 aromatic rings. The monoisotopic (exact) mass is 610 g/mol. The van der Waals surface area contributed by atoms with Crippen molar-refractivity contribution in [1.82, 2.24) is 19.4 Å². The minimum Gasteiger partial charge on any atom is -0.339 e. The van der Waals surface area contributed by atoms with Gasteiger partial charge in [-0.25, -0.2) is 9.37 Å². The van der Waals surface area contributed by atoms with Crippen LogP contribution in [-0.2, 0) is 12.6 Å². The van der Waals surface area contributed by atoms with Gasteiger partial charge in [-0.3, -0.25) is 19.1 Å². The van der Waals surface area contributed by atoms with Crippen molar-refractivity contribution in [1.29, 1.82) is 0 Å². The fourth-order valence-corrected chi connectivity index (χ4v) is 6.00. The van der Waals surface area contributed by atoms with Crippen LogP contribution < -0.4 is 5.56 Å². The van der Waals surface area contributed by atoms with E-state index < -0.39 is 23.2 Å². The highest BCUT2D eigenvalue weighted by atomic mass is 32.1. The van der Waals surface area contributed by atoms with Crippen LogP contribution in [0.15, 0.2) is 58.3 Å². The van der Waals surface area contributed by atoms with Gasteiger partial charge in [0.25, 0.3) is 11.5 Å². The number of amides is 1. The van der Waals surface area contributed by atoms with Crippen molar-refractivity contribution in [3.63, 3.8) is 0 Å². The van der Waals surface area contributed by atoms with Crippen LogP contribution in [0.2, 0.25) is 0 Å². The van der Waals surface area contributed by atoms with Crippen LogP contribution in [0.3, 0.4) is 0 Å². The van der Waals surface area contributed by atoms with E-state index in [1.165, 1.54) is 22.8 Å². The van der Waals surface area contributed by atoms with Gasteiger partial charge >= 0.3 is 6.18 Å². The number of aromatic nitrogens is 3. The smallest absolute Gasteiger partial charge is 0.339 e. The normalized spacial score (nSPS) is 13.7. The van der Waals surface area contributed by atoms with Gasteiger partial charge in [0, 0.05) is 30.2 Å². The molecule has 6 nitrogen and oxygen atoms in total. The summed E-state index contributed by atoms with van der Waals surface area (Å²) in [5.41, 5.74) is 1.84. The van der Waals surface area contributed by atoms with Crippen LogP contribution in [0.4, 0.5) is 17.6 Å². The Labute approximate surface area is 250 Å². The number of likely N-dealkylation sites (tertiary alicyclic amines) is 1. The third kappa shape index (κ3) is 6.31. The maximum atomic E-state index is 14.7. The lowest BCUT2D eigenvalue weighted by Crippen LogP contribution is -2.37. The Hall–Kier alpha value is -4.12. The number of piperidine rings is 1. The first-order valence-electron chi connectivity index (χ1n) is 14.0. The number of nitrogens with zero attached hydrogens (tertiary/aromatic N) is 4. The molecule has 11 heteroatoms. The van der Waals surface area contributed by atoms with Gasteiger partial charge in [-0.05, 0) is 81.5 Å². The van der Waals surface area contributed by atoms with Crippen molar-refractivity contribution in [2.75, 3.05) is 13.1 Å². The van der Waals surface area contributed by atoms with Gasteiger partial charge in [0.1, 0.15) is 16.5 Å². The molecule has 0 radical (unpaired) electrons. The molecule has 224 valence electrons. The summed E-state index contributed by atoms with van der Waals surface area (Å²) in [6.07, 6.45) is 1.55. The number of carbonyl (C=O) groups is 1. The molecule has 0 unspecified atom stereocenters. The fourth-order valence-electron chi connectivity index (χ4n) is 5.16. The number of benzene rings is 1. The van der Waals surface area contributed by atoms with Crippen LogP contribution in [-0.4, -0.2) is 38.4 Å². The molecule has 1 fully saturated rings. The summed E-state index contributed by atoms with van der Waals surface area (Å²) < 4.78 is 55.1. The first kappa shape index (κ1) is 30.3. The lowest BCUT2D eigenvalue weighted by atomic mass is 10.0. The molecule has 1 amide bonds. The standard InChI is InChI=1S/C32H30F4N4O2S/c1-4-20-8-10-22(33)15-26(20)40-27(14-19(2)3)23(30(41)39-12-6-5-7-13-39)16-24(31(40)42)29-38-25(18-43-29)21-9-11-28(37-17-21)32(34,35)36/h8-11,14-18H,4-7,12-13H2,1-3H3. The molecular formula is C32H30F4N4O2S. The molecule has 4 heterocycles. The molecule has 0 atom stereocenters. The Balaban J connectivity index is 1.74. The molecule has 0 N–H and O–H groups in total. The molecule has 3 aromatic heterocycles. The van der Waals surface area contributed by atoms with Gasteiger partial charge in [0.05, 0.1) is 28.2 Å². The van der Waals surface area contributed by atoms with Crippen molar-refractivity contribution in [2.24, 2.45) is 0 Å². The van der Waals surface area contributed by atoms with Gasteiger partial charge in [0.15, 0.2) is 0 Å². The zero-order chi connectivity index (χ0) is 30.9. The van der Waals surface area contributed by atoms with Crippen LogP contribution in [0.1, 0.15) is 67.3 Å². The predicted octanol–water partition coefficient (Wildman–Crippen LogP) is 7.79.